The largest absolute Gasteiger partial charge is 0.345 e. The number of hydrogen-bond acceptors (Lipinski definition) is 3. The standard InChI is InChI=1S/C25H27ClN4O3/c26-20-7-4-6-19(16-20)17-28-15-5-10-24(28)18-29(22-8-2-1-3-9-22)25(31)27-21-11-13-23(14-12-21)30(32)33/h4-7,10-16,22H,1-3,8-9,17-18H2,(H,27,31). The van der Waals surface area contributed by atoms with Crippen molar-refractivity contribution >= 4 is 29.0 Å². The number of nitro benzene ring substituents is 1. The number of non-ortho nitro benzene ring substituents is 1. The molecule has 3 aromatic rings. The van der Waals surface area contributed by atoms with E-state index in [1.165, 1.54) is 18.6 Å². The topological polar surface area (TPSA) is 80.4 Å². The van der Waals surface area contributed by atoms with Crippen molar-refractivity contribution in [2.75, 3.05) is 5.32 Å². The SMILES string of the molecule is O=C(Nc1ccc([N+](=O)[O-])cc1)N(Cc1cccn1Cc1cccc(Cl)c1)C1CCCCC1. The van der Waals surface area contributed by atoms with Crippen LogP contribution >= 0.6 is 11.6 Å². The fourth-order valence-electron chi connectivity index (χ4n) is 4.37. The highest BCUT2D eigenvalue weighted by molar-refractivity contribution is 6.30. The highest BCUT2D eigenvalue weighted by Gasteiger charge is 2.26. The molecule has 2 aromatic carbocycles. The first kappa shape index (κ1) is 22.9. The van der Waals surface area contributed by atoms with Crippen LogP contribution in [-0.4, -0.2) is 26.5 Å². The third-order valence-electron chi connectivity index (χ3n) is 6.10. The molecule has 1 N–H and O–H groups in total. The van der Waals surface area contributed by atoms with E-state index in [0.717, 1.165) is 36.9 Å². The predicted octanol–water partition coefficient (Wildman–Crippen LogP) is 6.46. The van der Waals surface area contributed by atoms with E-state index < -0.39 is 4.92 Å². The summed E-state index contributed by atoms with van der Waals surface area (Å²) in [5.41, 5.74) is 2.68. The van der Waals surface area contributed by atoms with Gasteiger partial charge in [-0.15, -0.1) is 0 Å². The van der Waals surface area contributed by atoms with Gasteiger partial charge in [0.2, 0.25) is 0 Å². The van der Waals surface area contributed by atoms with Crippen molar-refractivity contribution in [3.05, 3.63) is 93.3 Å². The van der Waals surface area contributed by atoms with E-state index in [0.29, 0.717) is 23.8 Å². The lowest BCUT2D eigenvalue weighted by Gasteiger charge is -2.34. The molecule has 7 nitrogen and oxygen atoms in total. The summed E-state index contributed by atoms with van der Waals surface area (Å²) in [6.07, 6.45) is 7.37. The molecule has 1 aliphatic carbocycles. The molecule has 0 unspecified atom stereocenters. The maximum Gasteiger partial charge on any atom is 0.322 e. The average Bonchev–Trinajstić information content (AvgIpc) is 3.25. The van der Waals surface area contributed by atoms with E-state index in [-0.39, 0.29) is 17.8 Å². The Morgan fingerprint density at radius 2 is 1.85 bits per heavy atom. The lowest BCUT2D eigenvalue weighted by molar-refractivity contribution is -0.384. The number of halogens is 1. The van der Waals surface area contributed by atoms with Gasteiger partial charge in [0.1, 0.15) is 0 Å². The fourth-order valence-corrected chi connectivity index (χ4v) is 4.59. The van der Waals surface area contributed by atoms with Crippen LogP contribution in [0.25, 0.3) is 0 Å². The number of anilines is 1. The quantitative estimate of drug-likeness (QED) is 0.320. The number of nitrogens with one attached hydrogen (secondary N) is 1. The van der Waals surface area contributed by atoms with Crippen LogP contribution in [0.15, 0.2) is 66.9 Å². The second-order valence-electron chi connectivity index (χ2n) is 8.41. The van der Waals surface area contributed by atoms with E-state index in [2.05, 4.69) is 9.88 Å². The lowest BCUT2D eigenvalue weighted by Crippen LogP contribution is -2.43. The molecule has 0 aliphatic heterocycles. The van der Waals surface area contributed by atoms with Gasteiger partial charge in [-0.3, -0.25) is 10.1 Å². The second-order valence-corrected chi connectivity index (χ2v) is 8.85. The van der Waals surface area contributed by atoms with Crippen LogP contribution in [0.4, 0.5) is 16.2 Å². The van der Waals surface area contributed by atoms with E-state index in [9.17, 15) is 14.9 Å². The van der Waals surface area contributed by atoms with Crippen LogP contribution in [0, 0.1) is 10.1 Å². The Bertz CT molecular complexity index is 1110. The molecule has 8 heteroatoms. The summed E-state index contributed by atoms with van der Waals surface area (Å²) < 4.78 is 2.14. The molecular formula is C25H27ClN4O3. The summed E-state index contributed by atoms with van der Waals surface area (Å²) in [5.74, 6) is 0. The Labute approximate surface area is 198 Å². The lowest BCUT2D eigenvalue weighted by atomic mass is 9.94. The molecule has 1 heterocycles. The maximum absolute atomic E-state index is 13.3. The summed E-state index contributed by atoms with van der Waals surface area (Å²) in [5, 5.41) is 14.5. The van der Waals surface area contributed by atoms with Crippen molar-refractivity contribution in [1.82, 2.24) is 9.47 Å². The Morgan fingerprint density at radius 3 is 2.55 bits per heavy atom. The van der Waals surface area contributed by atoms with E-state index in [1.807, 2.05) is 47.5 Å². The Morgan fingerprint density at radius 1 is 1.09 bits per heavy atom. The van der Waals surface area contributed by atoms with Gasteiger partial charge in [-0.05, 0) is 54.8 Å². The number of urea groups is 1. The molecule has 0 spiro atoms. The van der Waals surface area contributed by atoms with Gasteiger partial charge in [-0.2, -0.15) is 0 Å². The third kappa shape index (κ3) is 5.93. The summed E-state index contributed by atoms with van der Waals surface area (Å²) >= 11 is 6.15. The van der Waals surface area contributed by atoms with Gasteiger partial charge in [0.25, 0.3) is 5.69 Å². The van der Waals surface area contributed by atoms with Gasteiger partial charge in [-0.25, -0.2) is 4.79 Å². The number of nitro groups is 1. The number of hydrogen-bond donors (Lipinski definition) is 1. The number of nitrogens with zero attached hydrogens (tertiary/aromatic N) is 3. The maximum atomic E-state index is 13.3. The first-order chi connectivity index (χ1) is 16.0. The summed E-state index contributed by atoms with van der Waals surface area (Å²) in [6, 6.07) is 17.7. The summed E-state index contributed by atoms with van der Waals surface area (Å²) in [4.78, 5) is 25.7. The fraction of sp³-hybridized carbons (Fsp3) is 0.320. The number of rotatable bonds is 7. The summed E-state index contributed by atoms with van der Waals surface area (Å²) in [6.45, 7) is 1.16. The van der Waals surface area contributed by atoms with Gasteiger partial charge in [0.15, 0.2) is 0 Å². The molecule has 2 amide bonds. The van der Waals surface area contributed by atoms with Crippen LogP contribution in [0.2, 0.25) is 5.02 Å². The molecule has 4 rings (SSSR count). The Kier molecular flexibility index (Phi) is 7.29. The minimum absolute atomic E-state index is 0.00372. The molecule has 1 fully saturated rings. The molecule has 1 saturated carbocycles. The molecular weight excluding hydrogens is 440 g/mol. The van der Waals surface area contributed by atoms with Gasteiger partial charge >= 0.3 is 6.03 Å². The van der Waals surface area contributed by atoms with Crippen molar-refractivity contribution in [2.24, 2.45) is 0 Å². The monoisotopic (exact) mass is 466 g/mol. The molecule has 0 bridgehead atoms. The number of amides is 2. The minimum Gasteiger partial charge on any atom is -0.345 e. The Hall–Kier alpha value is -3.32. The van der Waals surface area contributed by atoms with Crippen LogP contribution in [0.5, 0.6) is 0 Å². The number of benzene rings is 2. The van der Waals surface area contributed by atoms with Crippen molar-refractivity contribution in [1.29, 1.82) is 0 Å². The number of carbonyl (C=O) groups excluding carboxylic acids is 1. The molecule has 0 atom stereocenters. The zero-order valence-electron chi connectivity index (χ0n) is 18.3. The van der Waals surface area contributed by atoms with Gasteiger partial charge in [-0.1, -0.05) is 43.0 Å². The molecule has 33 heavy (non-hydrogen) atoms. The highest BCUT2D eigenvalue weighted by atomic mass is 35.5. The third-order valence-corrected chi connectivity index (χ3v) is 6.34. The molecule has 0 radical (unpaired) electrons. The minimum atomic E-state index is -0.450. The van der Waals surface area contributed by atoms with Gasteiger partial charge < -0.3 is 14.8 Å². The van der Waals surface area contributed by atoms with Gasteiger partial charge in [0, 0.05) is 47.3 Å². The van der Waals surface area contributed by atoms with Crippen LogP contribution in [0.3, 0.4) is 0 Å². The highest BCUT2D eigenvalue weighted by Crippen LogP contribution is 2.26. The van der Waals surface area contributed by atoms with E-state index in [4.69, 9.17) is 11.6 Å². The molecule has 1 aromatic heterocycles. The first-order valence-corrected chi connectivity index (χ1v) is 11.6. The zero-order valence-corrected chi connectivity index (χ0v) is 19.1. The summed E-state index contributed by atoms with van der Waals surface area (Å²) in [7, 11) is 0. The van der Waals surface area contributed by atoms with Crippen LogP contribution in [-0.2, 0) is 13.1 Å². The van der Waals surface area contributed by atoms with Crippen LogP contribution in [0.1, 0.15) is 43.4 Å². The predicted molar refractivity (Wildman–Crippen MR) is 130 cm³/mol. The van der Waals surface area contributed by atoms with Crippen LogP contribution < -0.4 is 5.32 Å². The van der Waals surface area contributed by atoms with E-state index in [1.54, 1.807) is 12.1 Å². The van der Waals surface area contributed by atoms with Crippen molar-refractivity contribution in [3.63, 3.8) is 0 Å². The second kappa shape index (κ2) is 10.5. The smallest absolute Gasteiger partial charge is 0.322 e. The number of carbonyl (C=O) groups is 1. The molecule has 172 valence electrons. The van der Waals surface area contributed by atoms with Gasteiger partial charge in [0.05, 0.1) is 11.5 Å². The molecule has 1 aliphatic rings. The molecule has 0 saturated heterocycles. The number of aromatic nitrogens is 1. The zero-order chi connectivity index (χ0) is 23.2. The first-order valence-electron chi connectivity index (χ1n) is 11.2. The van der Waals surface area contributed by atoms with Crippen molar-refractivity contribution < 1.29 is 9.72 Å². The van der Waals surface area contributed by atoms with Crippen molar-refractivity contribution in [2.45, 2.75) is 51.2 Å². The van der Waals surface area contributed by atoms with Crippen molar-refractivity contribution in [3.8, 4) is 0 Å². The van der Waals surface area contributed by atoms with E-state index >= 15 is 0 Å². The normalized spacial score (nSPS) is 14.1. The Balaban J connectivity index is 1.52. The average molecular weight is 467 g/mol.